The number of hydroxylamine groups is 1. The molecule has 0 radical (unpaired) electrons. The van der Waals surface area contributed by atoms with Crippen molar-refractivity contribution in [2.24, 2.45) is 0 Å². The van der Waals surface area contributed by atoms with E-state index in [1.54, 1.807) is 0 Å². The molecule has 2 rings (SSSR count). The molecule has 5 nitrogen and oxygen atoms in total. The van der Waals surface area contributed by atoms with E-state index in [1.165, 1.54) is 0 Å². The van der Waals surface area contributed by atoms with E-state index in [-0.39, 0.29) is 6.04 Å². The van der Waals surface area contributed by atoms with Crippen LogP contribution in [0.2, 0.25) is 0 Å². The summed E-state index contributed by atoms with van der Waals surface area (Å²) in [6.45, 7) is 1.13. The zero-order chi connectivity index (χ0) is 12.8. The average molecular weight is 250 g/mol. The van der Waals surface area contributed by atoms with Crippen LogP contribution in [0.15, 0.2) is 30.3 Å². The van der Waals surface area contributed by atoms with E-state index in [2.05, 4.69) is 10.8 Å². The Kier molecular flexibility index (Phi) is 4.69. The van der Waals surface area contributed by atoms with Gasteiger partial charge in [0.25, 0.3) is 0 Å². The lowest BCUT2D eigenvalue weighted by Crippen LogP contribution is -2.50. The third-order valence-corrected chi connectivity index (χ3v) is 3.04. The molecule has 0 unspecified atom stereocenters. The van der Waals surface area contributed by atoms with Crippen LogP contribution in [0.25, 0.3) is 0 Å². The van der Waals surface area contributed by atoms with Crippen LogP contribution in [0, 0.1) is 0 Å². The number of rotatable bonds is 5. The van der Waals surface area contributed by atoms with Crippen molar-refractivity contribution >= 4 is 5.97 Å². The topological polar surface area (TPSA) is 70.6 Å². The number of nitrogens with one attached hydrogen (secondary N) is 2. The molecule has 98 valence electrons. The maximum absolute atomic E-state index is 10.7. The lowest BCUT2D eigenvalue weighted by atomic mass is 10.0. The Balaban J connectivity index is 1.65. The molecule has 0 aromatic heterocycles. The number of hydrogen-bond donors (Lipinski definition) is 3. The standard InChI is InChI=1S/C13H18N2O3/c16-13(17)12-7-6-11(8-14-12)15-18-9-10-4-2-1-3-5-10/h1-5,11-12,14-15H,6-9H2,(H,16,17)/t11-,12-/m0/s1. The van der Waals surface area contributed by atoms with E-state index >= 15 is 0 Å². The van der Waals surface area contributed by atoms with Gasteiger partial charge in [-0.15, -0.1) is 0 Å². The normalized spacial score (nSPS) is 23.8. The fourth-order valence-electron chi connectivity index (χ4n) is 1.98. The molecule has 2 atom stereocenters. The summed E-state index contributed by atoms with van der Waals surface area (Å²) in [6, 6.07) is 9.66. The Morgan fingerprint density at radius 3 is 2.78 bits per heavy atom. The van der Waals surface area contributed by atoms with E-state index < -0.39 is 12.0 Å². The van der Waals surface area contributed by atoms with E-state index in [0.29, 0.717) is 19.6 Å². The molecular weight excluding hydrogens is 232 g/mol. The molecule has 1 fully saturated rings. The van der Waals surface area contributed by atoms with Gasteiger partial charge in [-0.05, 0) is 18.4 Å². The molecule has 0 amide bonds. The monoisotopic (exact) mass is 250 g/mol. The molecule has 1 aromatic carbocycles. The lowest BCUT2D eigenvalue weighted by molar-refractivity contribution is -0.140. The summed E-state index contributed by atoms with van der Waals surface area (Å²) in [6.07, 6.45) is 1.43. The Labute approximate surface area is 106 Å². The van der Waals surface area contributed by atoms with Crippen molar-refractivity contribution in [3.05, 3.63) is 35.9 Å². The zero-order valence-electron chi connectivity index (χ0n) is 10.1. The number of hydrogen-bond acceptors (Lipinski definition) is 4. The fourth-order valence-corrected chi connectivity index (χ4v) is 1.98. The van der Waals surface area contributed by atoms with E-state index in [4.69, 9.17) is 9.94 Å². The van der Waals surface area contributed by atoms with Gasteiger partial charge in [0.05, 0.1) is 6.61 Å². The van der Waals surface area contributed by atoms with Crippen molar-refractivity contribution in [1.29, 1.82) is 0 Å². The molecule has 1 heterocycles. The van der Waals surface area contributed by atoms with Crippen LogP contribution in [0.4, 0.5) is 0 Å². The predicted octanol–water partition coefficient (Wildman–Crippen LogP) is 0.913. The number of carbonyl (C=O) groups is 1. The first-order valence-electron chi connectivity index (χ1n) is 6.13. The van der Waals surface area contributed by atoms with Gasteiger partial charge in [0, 0.05) is 12.6 Å². The Bertz CT molecular complexity index is 375. The van der Waals surface area contributed by atoms with Crippen LogP contribution >= 0.6 is 0 Å². The summed E-state index contributed by atoms with van der Waals surface area (Å²) in [5.41, 5.74) is 4.08. The molecule has 1 aliphatic heterocycles. The molecule has 0 saturated carbocycles. The van der Waals surface area contributed by atoms with Gasteiger partial charge >= 0.3 is 5.97 Å². The van der Waals surface area contributed by atoms with Crippen LogP contribution in [-0.2, 0) is 16.2 Å². The highest BCUT2D eigenvalue weighted by molar-refractivity contribution is 5.73. The Morgan fingerprint density at radius 1 is 1.39 bits per heavy atom. The minimum Gasteiger partial charge on any atom is -0.480 e. The molecule has 0 aliphatic carbocycles. The van der Waals surface area contributed by atoms with Crippen LogP contribution < -0.4 is 10.8 Å². The summed E-state index contributed by atoms with van der Waals surface area (Å²) in [4.78, 5) is 16.2. The first-order chi connectivity index (χ1) is 8.75. The van der Waals surface area contributed by atoms with Crippen molar-refractivity contribution in [2.45, 2.75) is 31.5 Å². The van der Waals surface area contributed by atoms with E-state index in [1.807, 2.05) is 30.3 Å². The Morgan fingerprint density at radius 2 is 2.17 bits per heavy atom. The fraction of sp³-hybridized carbons (Fsp3) is 0.462. The van der Waals surface area contributed by atoms with Crippen LogP contribution in [0.3, 0.4) is 0 Å². The van der Waals surface area contributed by atoms with Gasteiger partial charge in [-0.1, -0.05) is 30.3 Å². The van der Waals surface area contributed by atoms with Crippen LogP contribution in [0.1, 0.15) is 18.4 Å². The minimum absolute atomic E-state index is 0.171. The van der Waals surface area contributed by atoms with Gasteiger partial charge in [-0.25, -0.2) is 0 Å². The molecule has 3 N–H and O–H groups in total. The summed E-state index contributed by atoms with van der Waals surface area (Å²) in [5, 5.41) is 11.8. The van der Waals surface area contributed by atoms with Gasteiger partial charge < -0.3 is 10.4 Å². The number of piperidine rings is 1. The quantitative estimate of drug-likeness (QED) is 0.678. The molecular formula is C13H18N2O3. The molecule has 1 saturated heterocycles. The van der Waals surface area contributed by atoms with Crippen molar-refractivity contribution in [3.8, 4) is 0 Å². The second-order valence-corrected chi connectivity index (χ2v) is 4.47. The van der Waals surface area contributed by atoms with Crippen molar-refractivity contribution in [3.63, 3.8) is 0 Å². The summed E-state index contributed by atoms with van der Waals surface area (Å²) >= 11 is 0. The van der Waals surface area contributed by atoms with E-state index in [0.717, 1.165) is 12.0 Å². The second kappa shape index (κ2) is 6.49. The third-order valence-electron chi connectivity index (χ3n) is 3.04. The first-order valence-corrected chi connectivity index (χ1v) is 6.13. The van der Waals surface area contributed by atoms with E-state index in [9.17, 15) is 4.79 Å². The van der Waals surface area contributed by atoms with Gasteiger partial charge in [0.2, 0.25) is 0 Å². The van der Waals surface area contributed by atoms with Crippen LogP contribution in [0.5, 0.6) is 0 Å². The van der Waals surface area contributed by atoms with Gasteiger partial charge in [0.15, 0.2) is 0 Å². The molecule has 1 aliphatic rings. The third kappa shape index (κ3) is 3.80. The molecule has 0 spiro atoms. The Hall–Kier alpha value is -1.43. The maximum atomic E-state index is 10.7. The van der Waals surface area contributed by atoms with Crippen molar-refractivity contribution < 1.29 is 14.7 Å². The van der Waals surface area contributed by atoms with Gasteiger partial charge in [-0.2, -0.15) is 5.48 Å². The number of carboxylic acid groups (broad SMARTS) is 1. The number of benzene rings is 1. The zero-order valence-corrected chi connectivity index (χ0v) is 10.1. The minimum atomic E-state index is -0.779. The summed E-state index contributed by atoms with van der Waals surface area (Å²) in [5.74, 6) is -0.779. The maximum Gasteiger partial charge on any atom is 0.320 e. The largest absolute Gasteiger partial charge is 0.480 e. The number of aliphatic carboxylic acids is 1. The number of carboxylic acids is 1. The molecule has 18 heavy (non-hydrogen) atoms. The first kappa shape index (κ1) is 13.0. The smallest absolute Gasteiger partial charge is 0.320 e. The molecule has 1 aromatic rings. The van der Waals surface area contributed by atoms with Crippen LogP contribution in [-0.4, -0.2) is 29.7 Å². The van der Waals surface area contributed by atoms with Crippen molar-refractivity contribution in [2.75, 3.05) is 6.54 Å². The highest BCUT2D eigenvalue weighted by atomic mass is 16.6. The predicted molar refractivity (Wildman–Crippen MR) is 66.8 cm³/mol. The van der Waals surface area contributed by atoms with Gasteiger partial charge in [-0.3, -0.25) is 9.63 Å². The highest BCUT2D eigenvalue weighted by Gasteiger charge is 2.25. The molecule has 0 bridgehead atoms. The van der Waals surface area contributed by atoms with Gasteiger partial charge in [0.1, 0.15) is 6.04 Å². The summed E-state index contributed by atoms with van der Waals surface area (Å²) in [7, 11) is 0. The average Bonchev–Trinajstić information content (AvgIpc) is 2.40. The highest BCUT2D eigenvalue weighted by Crippen LogP contribution is 2.09. The summed E-state index contributed by atoms with van der Waals surface area (Å²) < 4.78 is 0. The lowest BCUT2D eigenvalue weighted by Gasteiger charge is -2.27. The SMILES string of the molecule is O=C(O)[C@@H]1CC[C@H](NOCc2ccccc2)CN1. The molecule has 5 heteroatoms. The van der Waals surface area contributed by atoms with Crippen molar-refractivity contribution in [1.82, 2.24) is 10.8 Å². The second-order valence-electron chi connectivity index (χ2n) is 4.47.